The van der Waals surface area contributed by atoms with Crippen molar-refractivity contribution in [2.75, 3.05) is 18.4 Å². The minimum absolute atomic E-state index is 0.00965. The van der Waals surface area contributed by atoms with Crippen molar-refractivity contribution in [2.24, 2.45) is 5.92 Å². The lowest BCUT2D eigenvalue weighted by Crippen LogP contribution is -2.48. The van der Waals surface area contributed by atoms with E-state index in [2.05, 4.69) is 10.6 Å². The first kappa shape index (κ1) is 11.6. The molecule has 5 heteroatoms. The molecule has 1 aromatic rings. The Kier molecular flexibility index (Phi) is 3.10. The zero-order valence-corrected chi connectivity index (χ0v) is 9.49. The Morgan fingerprint density at radius 3 is 2.65 bits per heavy atom. The summed E-state index contributed by atoms with van der Waals surface area (Å²) in [5, 5.41) is 14.7. The maximum absolute atomic E-state index is 11.7. The third kappa shape index (κ3) is 2.45. The van der Waals surface area contributed by atoms with Crippen LogP contribution in [0.25, 0.3) is 0 Å². The highest BCUT2D eigenvalue weighted by molar-refractivity contribution is 5.96. The van der Waals surface area contributed by atoms with Gasteiger partial charge in [-0.25, -0.2) is 4.79 Å². The first-order chi connectivity index (χ1) is 8.08. The molecule has 5 nitrogen and oxygen atoms in total. The lowest BCUT2D eigenvalue weighted by Gasteiger charge is -2.25. The predicted molar refractivity (Wildman–Crippen MR) is 63.1 cm³/mol. The topological polar surface area (TPSA) is 78.4 Å². The highest BCUT2D eigenvalue weighted by Crippen LogP contribution is 2.16. The number of nitrogens with one attached hydrogen (secondary N) is 2. The number of amides is 1. The molecule has 1 amide bonds. The molecule has 1 fully saturated rings. The van der Waals surface area contributed by atoms with Gasteiger partial charge < -0.3 is 15.7 Å². The van der Waals surface area contributed by atoms with E-state index < -0.39 is 5.97 Å². The Morgan fingerprint density at radius 2 is 2.12 bits per heavy atom. The molecular weight excluding hydrogens is 220 g/mol. The second-order valence-corrected chi connectivity index (χ2v) is 4.18. The van der Waals surface area contributed by atoms with E-state index in [4.69, 9.17) is 5.11 Å². The number of aromatic carboxylic acids is 1. The van der Waals surface area contributed by atoms with Gasteiger partial charge in [0, 0.05) is 18.8 Å². The molecule has 1 heterocycles. The van der Waals surface area contributed by atoms with E-state index in [-0.39, 0.29) is 17.4 Å². The van der Waals surface area contributed by atoms with E-state index in [9.17, 15) is 9.59 Å². The molecule has 0 bridgehead atoms. The lowest BCUT2D eigenvalue weighted by atomic mass is 10.0. The van der Waals surface area contributed by atoms with Crippen LogP contribution in [0.1, 0.15) is 15.9 Å². The van der Waals surface area contributed by atoms with Crippen LogP contribution in [0, 0.1) is 12.8 Å². The van der Waals surface area contributed by atoms with Crippen LogP contribution >= 0.6 is 0 Å². The summed E-state index contributed by atoms with van der Waals surface area (Å²) in [5.41, 5.74) is 1.43. The molecule has 3 N–H and O–H groups in total. The highest BCUT2D eigenvalue weighted by Gasteiger charge is 2.24. The van der Waals surface area contributed by atoms with Gasteiger partial charge in [0.05, 0.1) is 11.5 Å². The minimum Gasteiger partial charge on any atom is -0.478 e. The van der Waals surface area contributed by atoms with Gasteiger partial charge in [0.25, 0.3) is 0 Å². The first-order valence-electron chi connectivity index (χ1n) is 5.43. The normalized spacial score (nSPS) is 15.1. The van der Waals surface area contributed by atoms with Crippen LogP contribution in [-0.4, -0.2) is 30.1 Å². The summed E-state index contributed by atoms with van der Waals surface area (Å²) in [5.74, 6) is -1.06. The Labute approximate surface area is 98.8 Å². The SMILES string of the molecule is Cc1ccc(NC(=O)C2CNC2)cc1C(=O)O. The summed E-state index contributed by atoms with van der Waals surface area (Å²) >= 11 is 0. The van der Waals surface area contributed by atoms with Gasteiger partial charge >= 0.3 is 5.97 Å². The Balaban J connectivity index is 2.13. The minimum atomic E-state index is -0.982. The zero-order chi connectivity index (χ0) is 12.4. The van der Waals surface area contributed by atoms with Crippen LogP contribution in [0.3, 0.4) is 0 Å². The van der Waals surface area contributed by atoms with Crippen LogP contribution in [0.2, 0.25) is 0 Å². The molecule has 90 valence electrons. The second-order valence-electron chi connectivity index (χ2n) is 4.18. The molecular formula is C12H14N2O3. The van der Waals surface area contributed by atoms with Gasteiger partial charge in [-0.3, -0.25) is 4.79 Å². The Hall–Kier alpha value is -1.88. The van der Waals surface area contributed by atoms with Gasteiger partial charge in [-0.1, -0.05) is 6.07 Å². The van der Waals surface area contributed by atoms with E-state index in [0.717, 1.165) is 0 Å². The van der Waals surface area contributed by atoms with E-state index >= 15 is 0 Å². The molecule has 1 aliphatic rings. The van der Waals surface area contributed by atoms with Crippen molar-refractivity contribution in [1.82, 2.24) is 5.32 Å². The number of carboxylic acid groups (broad SMARTS) is 1. The van der Waals surface area contributed by atoms with Gasteiger partial charge in [0.1, 0.15) is 0 Å². The molecule has 1 saturated heterocycles. The zero-order valence-electron chi connectivity index (χ0n) is 9.49. The highest BCUT2D eigenvalue weighted by atomic mass is 16.4. The molecule has 0 spiro atoms. The van der Waals surface area contributed by atoms with Crippen molar-refractivity contribution in [2.45, 2.75) is 6.92 Å². The summed E-state index contributed by atoms with van der Waals surface area (Å²) < 4.78 is 0. The quantitative estimate of drug-likeness (QED) is 0.724. The van der Waals surface area contributed by atoms with Crippen LogP contribution in [0.4, 0.5) is 5.69 Å². The van der Waals surface area contributed by atoms with Gasteiger partial charge in [-0.15, -0.1) is 0 Å². The van der Waals surface area contributed by atoms with Gasteiger partial charge in [-0.2, -0.15) is 0 Å². The van der Waals surface area contributed by atoms with Crippen molar-refractivity contribution in [3.8, 4) is 0 Å². The Morgan fingerprint density at radius 1 is 1.41 bits per heavy atom. The summed E-state index contributed by atoms with van der Waals surface area (Å²) in [7, 11) is 0. The molecule has 2 rings (SSSR count). The summed E-state index contributed by atoms with van der Waals surface area (Å²) in [4.78, 5) is 22.6. The summed E-state index contributed by atoms with van der Waals surface area (Å²) in [6.07, 6.45) is 0. The molecule has 1 aromatic carbocycles. The fraction of sp³-hybridized carbons (Fsp3) is 0.333. The number of benzene rings is 1. The van der Waals surface area contributed by atoms with Crippen LogP contribution in [0.15, 0.2) is 18.2 Å². The smallest absolute Gasteiger partial charge is 0.336 e. The molecule has 17 heavy (non-hydrogen) atoms. The average Bonchev–Trinajstić information content (AvgIpc) is 2.17. The number of carboxylic acids is 1. The fourth-order valence-electron chi connectivity index (χ4n) is 1.65. The summed E-state index contributed by atoms with van der Waals surface area (Å²) in [6, 6.07) is 4.89. The van der Waals surface area contributed by atoms with Crippen molar-refractivity contribution in [1.29, 1.82) is 0 Å². The van der Waals surface area contributed by atoms with Gasteiger partial charge in [0.15, 0.2) is 0 Å². The third-order valence-electron chi connectivity index (χ3n) is 2.89. The number of hydrogen-bond donors (Lipinski definition) is 3. The van der Waals surface area contributed by atoms with Crippen molar-refractivity contribution < 1.29 is 14.7 Å². The largest absolute Gasteiger partial charge is 0.478 e. The third-order valence-corrected chi connectivity index (χ3v) is 2.89. The number of anilines is 1. The van der Waals surface area contributed by atoms with Gasteiger partial charge in [0.2, 0.25) is 5.91 Å². The lowest BCUT2D eigenvalue weighted by molar-refractivity contribution is -0.121. The molecule has 0 atom stereocenters. The number of carbonyl (C=O) groups excluding carboxylic acids is 1. The fourth-order valence-corrected chi connectivity index (χ4v) is 1.65. The van der Waals surface area contributed by atoms with E-state index in [0.29, 0.717) is 24.3 Å². The summed E-state index contributed by atoms with van der Waals surface area (Å²) in [6.45, 7) is 3.10. The molecule has 0 saturated carbocycles. The Bertz CT molecular complexity index is 467. The molecule has 0 unspecified atom stereocenters. The van der Waals surface area contributed by atoms with E-state index in [1.807, 2.05) is 0 Å². The number of aryl methyl sites for hydroxylation is 1. The number of rotatable bonds is 3. The number of carbonyl (C=O) groups is 2. The molecule has 0 radical (unpaired) electrons. The van der Waals surface area contributed by atoms with Crippen molar-refractivity contribution >= 4 is 17.6 Å². The van der Waals surface area contributed by atoms with Crippen molar-refractivity contribution in [3.05, 3.63) is 29.3 Å². The average molecular weight is 234 g/mol. The van der Waals surface area contributed by atoms with Gasteiger partial charge in [-0.05, 0) is 24.6 Å². The van der Waals surface area contributed by atoms with Crippen molar-refractivity contribution in [3.63, 3.8) is 0 Å². The van der Waals surface area contributed by atoms with Crippen LogP contribution in [0.5, 0.6) is 0 Å². The maximum atomic E-state index is 11.7. The van der Waals surface area contributed by atoms with Crippen LogP contribution < -0.4 is 10.6 Å². The molecule has 0 aromatic heterocycles. The van der Waals surface area contributed by atoms with E-state index in [1.165, 1.54) is 6.07 Å². The molecule has 1 aliphatic heterocycles. The monoisotopic (exact) mass is 234 g/mol. The second kappa shape index (κ2) is 4.55. The van der Waals surface area contributed by atoms with Crippen LogP contribution in [-0.2, 0) is 4.79 Å². The maximum Gasteiger partial charge on any atom is 0.336 e. The number of hydrogen-bond acceptors (Lipinski definition) is 3. The standard InChI is InChI=1S/C12H14N2O3/c1-7-2-3-9(4-10(7)12(16)17)14-11(15)8-5-13-6-8/h2-4,8,13H,5-6H2,1H3,(H,14,15)(H,16,17). The molecule has 0 aliphatic carbocycles. The predicted octanol–water partition coefficient (Wildman–Crippen LogP) is 0.851. The first-order valence-corrected chi connectivity index (χ1v) is 5.43. The van der Waals surface area contributed by atoms with E-state index in [1.54, 1.807) is 19.1 Å².